The fourth-order valence-corrected chi connectivity index (χ4v) is 1.60. The van der Waals surface area contributed by atoms with Crippen LogP contribution in [0.25, 0.3) is 0 Å². The summed E-state index contributed by atoms with van der Waals surface area (Å²) in [7, 11) is 1.74. The number of rotatable bonds is 6. The van der Waals surface area contributed by atoms with Crippen LogP contribution in [0.5, 0.6) is 5.75 Å². The van der Waals surface area contributed by atoms with Crippen molar-refractivity contribution in [1.29, 1.82) is 0 Å². The van der Waals surface area contributed by atoms with Gasteiger partial charge in [0.2, 0.25) is 5.91 Å². The molecule has 1 unspecified atom stereocenters. The summed E-state index contributed by atoms with van der Waals surface area (Å²) in [4.78, 5) is 13.2. The summed E-state index contributed by atoms with van der Waals surface area (Å²) in [5.41, 5.74) is 5.57. The van der Waals surface area contributed by atoms with Crippen LogP contribution in [0.4, 0.5) is 0 Å². The third-order valence-corrected chi connectivity index (χ3v) is 2.76. The summed E-state index contributed by atoms with van der Waals surface area (Å²) in [5, 5.41) is 0.571. The standard InChI is InChI=1S/C13H19ClN2O2.ClH/c1-10(15)9-13(17)16(2)7-8-18-12-6-4-3-5-11(12)14;/h3-6,10H,7-9,15H2,1-2H3;1H. The smallest absolute Gasteiger partial charge is 0.223 e. The van der Waals surface area contributed by atoms with Gasteiger partial charge in [0.1, 0.15) is 12.4 Å². The van der Waals surface area contributed by atoms with Crippen LogP contribution in [0.15, 0.2) is 24.3 Å². The zero-order valence-corrected chi connectivity index (χ0v) is 12.7. The average Bonchev–Trinajstić information content (AvgIpc) is 2.30. The quantitative estimate of drug-likeness (QED) is 0.877. The van der Waals surface area contributed by atoms with Gasteiger partial charge in [-0.1, -0.05) is 23.7 Å². The second-order valence-corrected chi connectivity index (χ2v) is 4.68. The van der Waals surface area contributed by atoms with Gasteiger partial charge >= 0.3 is 0 Å². The van der Waals surface area contributed by atoms with E-state index in [4.69, 9.17) is 22.1 Å². The van der Waals surface area contributed by atoms with Gasteiger partial charge in [-0.05, 0) is 19.1 Å². The number of hydrogen-bond acceptors (Lipinski definition) is 3. The van der Waals surface area contributed by atoms with Gasteiger partial charge in [-0.25, -0.2) is 0 Å². The Hall–Kier alpha value is -0.970. The largest absolute Gasteiger partial charge is 0.490 e. The van der Waals surface area contributed by atoms with Crippen molar-refractivity contribution in [1.82, 2.24) is 4.90 Å². The van der Waals surface area contributed by atoms with E-state index in [-0.39, 0.29) is 24.4 Å². The van der Waals surface area contributed by atoms with Crippen LogP contribution in [0.3, 0.4) is 0 Å². The van der Waals surface area contributed by atoms with Crippen molar-refractivity contribution in [3.63, 3.8) is 0 Å². The Balaban J connectivity index is 0.00000324. The van der Waals surface area contributed by atoms with E-state index in [1.807, 2.05) is 19.1 Å². The van der Waals surface area contributed by atoms with Gasteiger partial charge in [0.15, 0.2) is 0 Å². The maximum absolute atomic E-state index is 11.6. The van der Waals surface area contributed by atoms with Crippen molar-refractivity contribution in [3.8, 4) is 5.75 Å². The first kappa shape index (κ1) is 18.0. The Morgan fingerprint density at radius 2 is 2.11 bits per heavy atom. The number of halogens is 2. The lowest BCUT2D eigenvalue weighted by Crippen LogP contribution is -2.34. The minimum absolute atomic E-state index is 0. The highest BCUT2D eigenvalue weighted by Crippen LogP contribution is 2.22. The van der Waals surface area contributed by atoms with E-state index in [0.717, 1.165) is 0 Å². The minimum Gasteiger partial charge on any atom is -0.490 e. The topological polar surface area (TPSA) is 55.6 Å². The first-order valence-electron chi connectivity index (χ1n) is 5.87. The zero-order valence-electron chi connectivity index (χ0n) is 11.1. The summed E-state index contributed by atoms with van der Waals surface area (Å²) >= 11 is 5.95. The second-order valence-electron chi connectivity index (χ2n) is 4.28. The lowest BCUT2D eigenvalue weighted by atomic mass is 10.2. The molecule has 0 aromatic heterocycles. The molecule has 0 saturated carbocycles. The number of benzene rings is 1. The van der Waals surface area contributed by atoms with Crippen LogP contribution in [-0.2, 0) is 4.79 Å². The minimum atomic E-state index is -0.121. The average molecular weight is 307 g/mol. The first-order valence-corrected chi connectivity index (χ1v) is 6.25. The van der Waals surface area contributed by atoms with Crippen LogP contribution in [0.2, 0.25) is 5.02 Å². The molecule has 1 aromatic rings. The van der Waals surface area contributed by atoms with E-state index in [1.165, 1.54) is 0 Å². The van der Waals surface area contributed by atoms with Gasteiger partial charge in [0, 0.05) is 19.5 Å². The van der Waals surface area contributed by atoms with E-state index in [2.05, 4.69) is 0 Å². The van der Waals surface area contributed by atoms with Crippen molar-refractivity contribution in [2.24, 2.45) is 5.73 Å². The number of ether oxygens (including phenoxy) is 1. The summed E-state index contributed by atoms with van der Waals surface area (Å²) in [6.45, 7) is 2.73. The number of nitrogens with two attached hydrogens (primary N) is 1. The zero-order chi connectivity index (χ0) is 13.5. The van der Waals surface area contributed by atoms with Crippen LogP contribution >= 0.6 is 24.0 Å². The summed E-state index contributed by atoms with van der Waals surface area (Å²) in [5.74, 6) is 0.653. The Kier molecular flexibility index (Phi) is 8.56. The molecule has 1 rings (SSSR count). The van der Waals surface area contributed by atoms with Gasteiger partial charge in [0.05, 0.1) is 11.6 Å². The molecule has 0 radical (unpaired) electrons. The number of para-hydroxylation sites is 1. The van der Waals surface area contributed by atoms with Gasteiger partial charge in [-0.2, -0.15) is 0 Å². The van der Waals surface area contributed by atoms with Crippen molar-refractivity contribution < 1.29 is 9.53 Å². The number of amides is 1. The Morgan fingerprint density at radius 3 is 2.68 bits per heavy atom. The molecule has 0 heterocycles. The van der Waals surface area contributed by atoms with E-state index >= 15 is 0 Å². The van der Waals surface area contributed by atoms with Crippen molar-refractivity contribution in [2.75, 3.05) is 20.2 Å². The SMILES string of the molecule is CC(N)CC(=O)N(C)CCOc1ccccc1Cl.Cl. The third-order valence-electron chi connectivity index (χ3n) is 2.44. The fraction of sp³-hybridized carbons (Fsp3) is 0.462. The number of hydrogen-bond donors (Lipinski definition) is 1. The maximum atomic E-state index is 11.6. The Bertz CT molecular complexity index is 400. The Morgan fingerprint density at radius 1 is 1.47 bits per heavy atom. The third kappa shape index (κ3) is 6.66. The maximum Gasteiger partial charge on any atom is 0.223 e. The van der Waals surface area contributed by atoms with Gasteiger partial charge < -0.3 is 15.4 Å². The number of carbonyl (C=O) groups is 1. The molecule has 4 nitrogen and oxygen atoms in total. The predicted octanol–water partition coefficient (Wildman–Crippen LogP) is 2.34. The number of carbonyl (C=O) groups excluding carboxylic acids is 1. The van der Waals surface area contributed by atoms with Crippen molar-refractivity contribution in [2.45, 2.75) is 19.4 Å². The van der Waals surface area contributed by atoms with Gasteiger partial charge in [0.25, 0.3) is 0 Å². The highest BCUT2D eigenvalue weighted by molar-refractivity contribution is 6.32. The summed E-state index contributed by atoms with van der Waals surface area (Å²) in [6.07, 6.45) is 0.350. The Labute approximate surface area is 125 Å². The summed E-state index contributed by atoms with van der Waals surface area (Å²) < 4.78 is 5.51. The van der Waals surface area contributed by atoms with Gasteiger partial charge in [-0.3, -0.25) is 4.79 Å². The second kappa shape index (κ2) is 9.02. The molecule has 0 aliphatic heterocycles. The fourth-order valence-electron chi connectivity index (χ4n) is 1.41. The lowest BCUT2D eigenvalue weighted by molar-refractivity contribution is -0.130. The molecular weight excluding hydrogens is 287 g/mol. The molecule has 6 heteroatoms. The van der Waals surface area contributed by atoms with Crippen LogP contribution in [-0.4, -0.2) is 37.0 Å². The van der Waals surface area contributed by atoms with Crippen LogP contribution < -0.4 is 10.5 Å². The molecule has 1 amide bonds. The van der Waals surface area contributed by atoms with Crippen molar-refractivity contribution >= 4 is 29.9 Å². The first-order chi connectivity index (χ1) is 8.50. The number of nitrogens with zero attached hydrogens (tertiary/aromatic N) is 1. The van der Waals surface area contributed by atoms with E-state index < -0.39 is 0 Å². The lowest BCUT2D eigenvalue weighted by Gasteiger charge is -2.18. The van der Waals surface area contributed by atoms with E-state index in [9.17, 15) is 4.79 Å². The molecule has 0 fully saturated rings. The molecule has 108 valence electrons. The molecular formula is C13H20Cl2N2O2. The molecule has 2 N–H and O–H groups in total. The summed E-state index contributed by atoms with van der Waals surface area (Å²) in [6, 6.07) is 7.14. The molecule has 0 spiro atoms. The molecule has 0 bridgehead atoms. The highest BCUT2D eigenvalue weighted by Gasteiger charge is 2.10. The van der Waals surface area contributed by atoms with Crippen LogP contribution in [0.1, 0.15) is 13.3 Å². The molecule has 19 heavy (non-hydrogen) atoms. The molecule has 0 saturated heterocycles. The van der Waals surface area contributed by atoms with E-state index in [0.29, 0.717) is 30.3 Å². The highest BCUT2D eigenvalue weighted by atomic mass is 35.5. The molecule has 1 atom stereocenters. The van der Waals surface area contributed by atoms with Crippen molar-refractivity contribution in [3.05, 3.63) is 29.3 Å². The van der Waals surface area contributed by atoms with Crippen LogP contribution in [0, 0.1) is 0 Å². The molecule has 0 aliphatic rings. The molecule has 1 aromatic carbocycles. The van der Waals surface area contributed by atoms with E-state index in [1.54, 1.807) is 24.1 Å². The predicted molar refractivity (Wildman–Crippen MR) is 80.1 cm³/mol. The van der Waals surface area contributed by atoms with Gasteiger partial charge in [-0.15, -0.1) is 12.4 Å². The monoisotopic (exact) mass is 306 g/mol. The molecule has 0 aliphatic carbocycles. The number of likely N-dealkylation sites (N-methyl/N-ethyl adjacent to an activating group) is 1. The normalized spacial score (nSPS) is 11.4.